The average Bonchev–Trinajstić information content (AvgIpc) is 3.46. The van der Waals surface area contributed by atoms with Crippen LogP contribution in [0, 0.1) is 5.92 Å². The van der Waals surface area contributed by atoms with E-state index in [-0.39, 0.29) is 23.6 Å². The zero-order valence-corrected chi connectivity index (χ0v) is 16.4. The summed E-state index contributed by atoms with van der Waals surface area (Å²) in [5, 5.41) is 2.93. The molecular weight excluding hydrogens is 368 g/mol. The molecule has 0 radical (unpaired) electrons. The molecule has 2 N–H and O–H groups in total. The number of hydrogen-bond acceptors (Lipinski definition) is 3. The minimum Gasteiger partial charge on any atom is -0.356 e. The lowest BCUT2D eigenvalue weighted by atomic mass is 9.96. The number of hydrogen-bond donors (Lipinski definition) is 2. The first-order valence-corrected chi connectivity index (χ1v) is 10.2. The molecular formula is C22H26N4O3. The number of carbonyl (C=O) groups is 3. The van der Waals surface area contributed by atoms with Crippen molar-refractivity contribution in [3.8, 4) is 0 Å². The number of nitrogens with zero attached hydrogens (tertiary/aromatic N) is 2. The van der Waals surface area contributed by atoms with E-state index < -0.39 is 0 Å². The molecule has 0 bridgehead atoms. The van der Waals surface area contributed by atoms with Crippen LogP contribution < -0.4 is 5.32 Å². The van der Waals surface area contributed by atoms with Crippen LogP contribution in [-0.4, -0.2) is 58.7 Å². The van der Waals surface area contributed by atoms with Crippen molar-refractivity contribution in [2.45, 2.75) is 25.7 Å². The number of anilines is 1. The van der Waals surface area contributed by atoms with Crippen molar-refractivity contribution in [3.63, 3.8) is 0 Å². The number of piperidine rings is 1. The molecule has 1 atom stereocenters. The van der Waals surface area contributed by atoms with E-state index in [1.54, 1.807) is 17.2 Å². The summed E-state index contributed by atoms with van der Waals surface area (Å²) < 4.78 is 0. The maximum absolute atomic E-state index is 12.9. The van der Waals surface area contributed by atoms with Crippen LogP contribution in [0.5, 0.6) is 0 Å². The predicted octanol–water partition coefficient (Wildman–Crippen LogP) is 2.74. The van der Waals surface area contributed by atoms with Gasteiger partial charge in [-0.2, -0.15) is 0 Å². The highest BCUT2D eigenvalue weighted by atomic mass is 16.2. The summed E-state index contributed by atoms with van der Waals surface area (Å²) in [7, 11) is 0. The van der Waals surface area contributed by atoms with Gasteiger partial charge in [0.1, 0.15) is 5.69 Å². The Morgan fingerprint density at radius 2 is 1.66 bits per heavy atom. The Bertz CT molecular complexity index is 886. The summed E-state index contributed by atoms with van der Waals surface area (Å²) in [4.78, 5) is 44.5. The van der Waals surface area contributed by atoms with Crippen LogP contribution in [0.2, 0.25) is 0 Å². The molecule has 1 aromatic carbocycles. The van der Waals surface area contributed by atoms with Crippen molar-refractivity contribution >= 4 is 23.4 Å². The molecule has 4 rings (SSSR count). The molecule has 7 nitrogen and oxygen atoms in total. The molecule has 3 heterocycles. The molecule has 29 heavy (non-hydrogen) atoms. The molecule has 0 saturated carbocycles. The van der Waals surface area contributed by atoms with Crippen molar-refractivity contribution in [1.82, 2.24) is 14.8 Å². The average molecular weight is 394 g/mol. The Balaban J connectivity index is 1.38. The molecule has 152 valence electrons. The van der Waals surface area contributed by atoms with Crippen LogP contribution in [0.15, 0.2) is 42.6 Å². The lowest BCUT2D eigenvalue weighted by Crippen LogP contribution is -2.43. The van der Waals surface area contributed by atoms with Crippen LogP contribution in [0.3, 0.4) is 0 Å². The Kier molecular flexibility index (Phi) is 5.64. The number of aromatic nitrogens is 1. The molecule has 1 unspecified atom stereocenters. The molecule has 2 saturated heterocycles. The molecule has 0 aliphatic carbocycles. The summed E-state index contributed by atoms with van der Waals surface area (Å²) >= 11 is 0. The predicted molar refractivity (Wildman–Crippen MR) is 110 cm³/mol. The first-order valence-electron chi connectivity index (χ1n) is 10.2. The van der Waals surface area contributed by atoms with Crippen LogP contribution >= 0.6 is 0 Å². The number of nitrogens with one attached hydrogen (secondary N) is 2. The Labute approximate surface area is 170 Å². The monoisotopic (exact) mass is 394 g/mol. The van der Waals surface area contributed by atoms with Gasteiger partial charge in [-0.3, -0.25) is 14.4 Å². The SMILES string of the molecule is O=C(Nc1ccccc1)C1CCCN(C(=O)c2c[nH]c(C(=O)N3CCCC3)c2)C1. The Morgan fingerprint density at radius 1 is 0.931 bits per heavy atom. The van der Waals surface area contributed by atoms with Crippen molar-refractivity contribution in [2.24, 2.45) is 5.92 Å². The Morgan fingerprint density at radius 3 is 2.41 bits per heavy atom. The van der Waals surface area contributed by atoms with E-state index in [1.165, 1.54) is 0 Å². The first kappa shape index (κ1) is 19.2. The number of benzene rings is 1. The van der Waals surface area contributed by atoms with Gasteiger partial charge in [-0.05, 0) is 43.9 Å². The number of carbonyl (C=O) groups excluding carboxylic acids is 3. The minimum absolute atomic E-state index is 0.0553. The van der Waals surface area contributed by atoms with E-state index in [0.29, 0.717) is 24.3 Å². The Hall–Kier alpha value is -3.09. The number of rotatable bonds is 4. The molecule has 2 aliphatic heterocycles. The van der Waals surface area contributed by atoms with Crippen molar-refractivity contribution in [3.05, 3.63) is 53.9 Å². The molecule has 2 aromatic rings. The van der Waals surface area contributed by atoms with Crippen LogP contribution in [0.1, 0.15) is 46.5 Å². The number of amides is 3. The zero-order valence-electron chi connectivity index (χ0n) is 16.4. The second kappa shape index (κ2) is 8.51. The third-order valence-electron chi connectivity index (χ3n) is 5.67. The topological polar surface area (TPSA) is 85.5 Å². The standard InChI is InChI=1S/C22H26N4O3/c27-20(24-18-8-2-1-3-9-18)16-7-6-12-26(15-16)21(28)17-13-19(23-14-17)22(29)25-10-4-5-11-25/h1-3,8-9,13-14,16,23H,4-7,10-12,15H2,(H,24,27). The van der Waals surface area contributed by atoms with Gasteiger partial charge in [0.15, 0.2) is 0 Å². The highest BCUT2D eigenvalue weighted by Crippen LogP contribution is 2.21. The summed E-state index contributed by atoms with van der Waals surface area (Å²) in [5.41, 5.74) is 1.68. The van der Waals surface area contributed by atoms with E-state index in [2.05, 4.69) is 10.3 Å². The quantitative estimate of drug-likeness (QED) is 0.836. The van der Waals surface area contributed by atoms with Gasteiger partial charge in [0, 0.05) is 38.1 Å². The van der Waals surface area contributed by atoms with Gasteiger partial charge in [-0.15, -0.1) is 0 Å². The summed E-state index contributed by atoms with van der Waals surface area (Å²) in [5.74, 6) is -0.496. The normalized spacial score (nSPS) is 19.2. The van der Waals surface area contributed by atoms with E-state index in [9.17, 15) is 14.4 Å². The highest BCUT2D eigenvalue weighted by molar-refractivity contribution is 6.00. The fraction of sp³-hybridized carbons (Fsp3) is 0.409. The summed E-state index contributed by atoms with van der Waals surface area (Å²) in [6, 6.07) is 11.0. The van der Waals surface area contributed by atoms with Gasteiger partial charge in [0.05, 0.1) is 11.5 Å². The lowest BCUT2D eigenvalue weighted by Gasteiger charge is -2.31. The van der Waals surface area contributed by atoms with Gasteiger partial charge in [0.25, 0.3) is 11.8 Å². The van der Waals surface area contributed by atoms with Crippen molar-refractivity contribution in [1.29, 1.82) is 0 Å². The number of para-hydroxylation sites is 1. The first-order chi connectivity index (χ1) is 14.1. The fourth-order valence-corrected chi connectivity index (χ4v) is 4.06. The third-order valence-corrected chi connectivity index (χ3v) is 5.67. The second-order valence-corrected chi connectivity index (χ2v) is 7.75. The molecule has 0 spiro atoms. The van der Waals surface area contributed by atoms with Gasteiger partial charge < -0.3 is 20.1 Å². The minimum atomic E-state index is -0.238. The van der Waals surface area contributed by atoms with E-state index in [1.807, 2.05) is 35.2 Å². The smallest absolute Gasteiger partial charge is 0.270 e. The summed E-state index contributed by atoms with van der Waals surface area (Å²) in [6.45, 7) is 2.55. The molecule has 7 heteroatoms. The van der Waals surface area contributed by atoms with Crippen LogP contribution in [-0.2, 0) is 4.79 Å². The molecule has 2 aliphatic rings. The van der Waals surface area contributed by atoms with Crippen LogP contribution in [0.4, 0.5) is 5.69 Å². The number of H-pyrrole nitrogens is 1. The highest BCUT2D eigenvalue weighted by Gasteiger charge is 2.30. The van der Waals surface area contributed by atoms with Gasteiger partial charge >= 0.3 is 0 Å². The second-order valence-electron chi connectivity index (χ2n) is 7.75. The van der Waals surface area contributed by atoms with E-state index in [4.69, 9.17) is 0 Å². The van der Waals surface area contributed by atoms with Crippen molar-refractivity contribution < 1.29 is 14.4 Å². The van der Waals surface area contributed by atoms with Gasteiger partial charge in [-0.25, -0.2) is 0 Å². The van der Waals surface area contributed by atoms with E-state index in [0.717, 1.165) is 44.5 Å². The zero-order chi connectivity index (χ0) is 20.2. The van der Waals surface area contributed by atoms with Gasteiger partial charge in [-0.1, -0.05) is 18.2 Å². The molecule has 3 amide bonds. The fourth-order valence-electron chi connectivity index (χ4n) is 4.06. The number of likely N-dealkylation sites (tertiary alicyclic amines) is 2. The largest absolute Gasteiger partial charge is 0.356 e. The van der Waals surface area contributed by atoms with Crippen molar-refractivity contribution in [2.75, 3.05) is 31.5 Å². The van der Waals surface area contributed by atoms with E-state index >= 15 is 0 Å². The number of aromatic amines is 1. The lowest BCUT2D eigenvalue weighted by molar-refractivity contribution is -0.121. The van der Waals surface area contributed by atoms with Crippen LogP contribution in [0.25, 0.3) is 0 Å². The maximum atomic E-state index is 12.9. The summed E-state index contributed by atoms with van der Waals surface area (Å²) in [6.07, 6.45) is 5.19. The molecule has 1 aromatic heterocycles. The van der Waals surface area contributed by atoms with Gasteiger partial charge in [0.2, 0.25) is 5.91 Å². The molecule has 2 fully saturated rings. The third kappa shape index (κ3) is 4.34. The maximum Gasteiger partial charge on any atom is 0.270 e.